The van der Waals surface area contributed by atoms with Gasteiger partial charge in [0.2, 0.25) is 0 Å². The van der Waals surface area contributed by atoms with E-state index in [1.165, 1.54) is 11.1 Å². The summed E-state index contributed by atoms with van der Waals surface area (Å²) >= 11 is 0. The van der Waals surface area contributed by atoms with Crippen molar-refractivity contribution in [2.24, 2.45) is 0 Å². The molecule has 3 nitrogen and oxygen atoms in total. The van der Waals surface area contributed by atoms with Crippen LogP contribution in [-0.4, -0.2) is 9.38 Å². The molecule has 3 aromatic rings. The SMILES string of the molecule is Cc1ccc(Cc2nc3ccccn3c2N)cc1. The van der Waals surface area contributed by atoms with Crippen LogP contribution in [0.1, 0.15) is 16.8 Å². The Morgan fingerprint density at radius 3 is 2.61 bits per heavy atom. The lowest BCUT2D eigenvalue weighted by Gasteiger charge is -2.00. The minimum atomic E-state index is 0.728. The summed E-state index contributed by atoms with van der Waals surface area (Å²) in [6, 6.07) is 14.4. The highest BCUT2D eigenvalue weighted by atomic mass is 15.1. The molecule has 1 aromatic carbocycles. The predicted molar refractivity (Wildman–Crippen MR) is 73.6 cm³/mol. The van der Waals surface area contributed by atoms with Crippen molar-refractivity contribution >= 4 is 11.5 Å². The van der Waals surface area contributed by atoms with E-state index < -0.39 is 0 Å². The van der Waals surface area contributed by atoms with Gasteiger partial charge in [-0.3, -0.25) is 4.40 Å². The van der Waals surface area contributed by atoms with Crippen LogP contribution in [0.25, 0.3) is 5.65 Å². The number of anilines is 1. The monoisotopic (exact) mass is 237 g/mol. The van der Waals surface area contributed by atoms with Crippen molar-refractivity contribution < 1.29 is 0 Å². The molecule has 0 aliphatic heterocycles. The van der Waals surface area contributed by atoms with Crippen molar-refractivity contribution in [3.05, 3.63) is 65.5 Å². The van der Waals surface area contributed by atoms with Crippen LogP contribution in [-0.2, 0) is 6.42 Å². The third-order valence-corrected chi connectivity index (χ3v) is 3.14. The summed E-state index contributed by atoms with van der Waals surface area (Å²) < 4.78 is 1.92. The van der Waals surface area contributed by atoms with Gasteiger partial charge in [0, 0.05) is 12.6 Å². The number of hydrogen-bond acceptors (Lipinski definition) is 2. The summed E-state index contributed by atoms with van der Waals surface area (Å²) in [6.07, 6.45) is 2.71. The zero-order valence-corrected chi connectivity index (χ0v) is 10.3. The van der Waals surface area contributed by atoms with Gasteiger partial charge >= 0.3 is 0 Å². The molecule has 0 fully saturated rings. The van der Waals surface area contributed by atoms with E-state index in [1.54, 1.807) is 0 Å². The maximum atomic E-state index is 6.12. The van der Waals surface area contributed by atoms with Gasteiger partial charge in [0.1, 0.15) is 11.5 Å². The van der Waals surface area contributed by atoms with Gasteiger partial charge in [-0.25, -0.2) is 4.98 Å². The van der Waals surface area contributed by atoms with E-state index in [9.17, 15) is 0 Å². The van der Waals surface area contributed by atoms with Crippen molar-refractivity contribution in [1.82, 2.24) is 9.38 Å². The number of nitrogens with zero attached hydrogens (tertiary/aromatic N) is 2. The van der Waals surface area contributed by atoms with E-state index >= 15 is 0 Å². The third-order valence-electron chi connectivity index (χ3n) is 3.14. The summed E-state index contributed by atoms with van der Waals surface area (Å²) in [5.41, 5.74) is 10.5. The molecule has 2 N–H and O–H groups in total. The Bertz CT molecular complexity index is 681. The summed E-state index contributed by atoms with van der Waals surface area (Å²) in [4.78, 5) is 4.57. The highest BCUT2D eigenvalue weighted by Crippen LogP contribution is 2.18. The van der Waals surface area contributed by atoms with Gasteiger partial charge in [-0.05, 0) is 24.6 Å². The van der Waals surface area contributed by atoms with Crippen molar-refractivity contribution in [3.63, 3.8) is 0 Å². The number of fused-ring (bicyclic) bond motifs is 1. The molecule has 0 saturated carbocycles. The van der Waals surface area contributed by atoms with Crippen LogP contribution in [0.4, 0.5) is 5.82 Å². The van der Waals surface area contributed by atoms with Gasteiger partial charge in [-0.1, -0.05) is 35.9 Å². The fourth-order valence-electron chi connectivity index (χ4n) is 2.09. The fourth-order valence-corrected chi connectivity index (χ4v) is 2.09. The fraction of sp³-hybridized carbons (Fsp3) is 0.133. The van der Waals surface area contributed by atoms with Gasteiger partial charge in [0.05, 0.1) is 5.69 Å². The molecule has 0 atom stereocenters. The third kappa shape index (κ3) is 1.84. The summed E-state index contributed by atoms with van der Waals surface area (Å²) in [5.74, 6) is 0.728. The van der Waals surface area contributed by atoms with Gasteiger partial charge < -0.3 is 5.73 Å². The molecular weight excluding hydrogens is 222 g/mol. The number of aryl methyl sites for hydroxylation is 1. The van der Waals surface area contributed by atoms with Crippen LogP contribution in [0, 0.1) is 6.92 Å². The molecule has 3 heteroatoms. The maximum Gasteiger partial charge on any atom is 0.138 e. The maximum absolute atomic E-state index is 6.12. The molecular formula is C15H15N3. The normalized spacial score (nSPS) is 10.9. The quantitative estimate of drug-likeness (QED) is 0.744. The summed E-state index contributed by atoms with van der Waals surface area (Å²) in [6.45, 7) is 2.09. The molecule has 0 spiro atoms. The zero-order chi connectivity index (χ0) is 12.5. The van der Waals surface area contributed by atoms with Crippen LogP contribution in [0.3, 0.4) is 0 Å². The summed E-state index contributed by atoms with van der Waals surface area (Å²) in [5, 5.41) is 0. The number of imidazole rings is 1. The van der Waals surface area contributed by atoms with Gasteiger partial charge in [-0.15, -0.1) is 0 Å². The first kappa shape index (κ1) is 10.8. The Labute approximate surface area is 106 Å². The van der Waals surface area contributed by atoms with Crippen LogP contribution in [0.5, 0.6) is 0 Å². The predicted octanol–water partition coefficient (Wildman–Crippen LogP) is 2.82. The molecule has 2 aromatic heterocycles. The highest BCUT2D eigenvalue weighted by Gasteiger charge is 2.08. The van der Waals surface area contributed by atoms with Gasteiger partial charge in [0.25, 0.3) is 0 Å². The Hall–Kier alpha value is -2.29. The standard InChI is InChI=1S/C15H15N3/c1-11-5-7-12(8-6-11)10-13-15(16)18-9-3-2-4-14(18)17-13/h2-9H,10,16H2,1H3. The van der Waals surface area contributed by atoms with Crippen molar-refractivity contribution in [3.8, 4) is 0 Å². The van der Waals surface area contributed by atoms with Crippen LogP contribution < -0.4 is 5.73 Å². The first-order chi connectivity index (χ1) is 8.74. The molecule has 0 saturated heterocycles. The Morgan fingerprint density at radius 1 is 1.11 bits per heavy atom. The molecule has 0 bridgehead atoms. The van der Waals surface area contributed by atoms with Crippen LogP contribution in [0.2, 0.25) is 0 Å². The zero-order valence-electron chi connectivity index (χ0n) is 10.3. The lowest BCUT2D eigenvalue weighted by molar-refractivity contribution is 1.12. The average Bonchev–Trinajstić information content (AvgIpc) is 2.70. The number of hydrogen-bond donors (Lipinski definition) is 1. The lowest BCUT2D eigenvalue weighted by atomic mass is 10.1. The first-order valence-corrected chi connectivity index (χ1v) is 6.01. The molecule has 0 aliphatic carbocycles. The molecule has 0 amide bonds. The Balaban J connectivity index is 1.99. The largest absolute Gasteiger partial charge is 0.383 e. The number of nitrogen functional groups attached to an aromatic ring is 1. The van der Waals surface area contributed by atoms with Gasteiger partial charge in [0.15, 0.2) is 0 Å². The number of pyridine rings is 1. The second-order valence-electron chi connectivity index (χ2n) is 4.53. The van der Waals surface area contributed by atoms with E-state index in [0.717, 1.165) is 23.6 Å². The number of aromatic nitrogens is 2. The van der Waals surface area contributed by atoms with E-state index in [-0.39, 0.29) is 0 Å². The average molecular weight is 237 g/mol. The molecule has 0 unspecified atom stereocenters. The molecule has 3 rings (SSSR count). The van der Waals surface area contributed by atoms with E-state index in [0.29, 0.717) is 0 Å². The van der Waals surface area contributed by atoms with Gasteiger partial charge in [-0.2, -0.15) is 0 Å². The molecule has 0 aliphatic rings. The minimum Gasteiger partial charge on any atom is -0.383 e. The second-order valence-corrected chi connectivity index (χ2v) is 4.53. The van der Waals surface area contributed by atoms with Crippen LogP contribution in [0.15, 0.2) is 48.7 Å². The molecule has 90 valence electrons. The molecule has 18 heavy (non-hydrogen) atoms. The highest BCUT2D eigenvalue weighted by molar-refractivity contribution is 5.53. The Kier molecular flexibility index (Phi) is 2.52. The van der Waals surface area contributed by atoms with Crippen LogP contribution >= 0.6 is 0 Å². The number of rotatable bonds is 2. The molecule has 2 heterocycles. The molecule has 0 radical (unpaired) electrons. The minimum absolute atomic E-state index is 0.728. The van der Waals surface area contributed by atoms with Crippen molar-refractivity contribution in [2.75, 3.05) is 5.73 Å². The second kappa shape index (κ2) is 4.18. The van der Waals surface area contributed by atoms with Crippen molar-refractivity contribution in [2.45, 2.75) is 13.3 Å². The smallest absolute Gasteiger partial charge is 0.138 e. The van der Waals surface area contributed by atoms with Crippen molar-refractivity contribution in [1.29, 1.82) is 0 Å². The van der Waals surface area contributed by atoms with E-state index in [1.807, 2.05) is 28.8 Å². The summed E-state index contributed by atoms with van der Waals surface area (Å²) in [7, 11) is 0. The first-order valence-electron chi connectivity index (χ1n) is 6.01. The van der Waals surface area contributed by atoms with E-state index in [2.05, 4.69) is 36.2 Å². The lowest BCUT2D eigenvalue weighted by Crippen LogP contribution is -1.97. The number of benzene rings is 1. The Morgan fingerprint density at radius 2 is 1.89 bits per heavy atom. The topological polar surface area (TPSA) is 43.3 Å². The number of nitrogens with two attached hydrogens (primary N) is 1. The van der Waals surface area contributed by atoms with E-state index in [4.69, 9.17) is 5.73 Å².